The number of aromatic hydroxyl groups is 1. The van der Waals surface area contributed by atoms with Gasteiger partial charge in [0.15, 0.2) is 6.54 Å². The lowest BCUT2D eigenvalue weighted by Gasteiger charge is -2.13. The van der Waals surface area contributed by atoms with Gasteiger partial charge in [-0.3, -0.25) is 9.59 Å². The normalized spacial score (nSPS) is 9.79. The summed E-state index contributed by atoms with van der Waals surface area (Å²) < 4.78 is 8.73. The Morgan fingerprint density at radius 2 is 2.00 bits per heavy atom. The molecular weight excluding hydrogens is 336 g/mol. The number of aromatic nitrogens is 2. The van der Waals surface area contributed by atoms with Gasteiger partial charge in [-0.1, -0.05) is 0 Å². The second-order valence-electron chi connectivity index (χ2n) is 5.05. The fourth-order valence-corrected chi connectivity index (χ4v) is 2.08. The maximum atomic E-state index is 12.1. The molecule has 0 fully saturated rings. The van der Waals surface area contributed by atoms with Crippen LogP contribution in [0.25, 0.3) is 0 Å². The third-order valence-electron chi connectivity index (χ3n) is 3.05. The van der Waals surface area contributed by atoms with E-state index in [-0.39, 0.29) is 42.2 Å². The third kappa shape index (κ3) is 4.88. The SMILES string of the molecule is COc1cc(NC(C)=O)c(O)cc1NC(=O)Cn1cc[n+](C)c1.[Cl-]. The molecule has 24 heavy (non-hydrogen) atoms. The summed E-state index contributed by atoms with van der Waals surface area (Å²) in [5.74, 6) is -0.424. The van der Waals surface area contributed by atoms with Crippen LogP contribution in [-0.4, -0.2) is 28.6 Å². The fourth-order valence-electron chi connectivity index (χ4n) is 2.08. The summed E-state index contributed by atoms with van der Waals surface area (Å²) in [5, 5.41) is 15.1. The second kappa shape index (κ2) is 8.21. The van der Waals surface area contributed by atoms with Crippen LogP contribution in [0.5, 0.6) is 11.5 Å². The minimum Gasteiger partial charge on any atom is -1.00 e. The highest BCUT2D eigenvalue weighted by Gasteiger charge is 2.15. The highest BCUT2D eigenvalue weighted by atomic mass is 35.5. The Labute approximate surface area is 145 Å². The number of rotatable bonds is 5. The molecule has 0 aliphatic heterocycles. The van der Waals surface area contributed by atoms with E-state index < -0.39 is 0 Å². The standard InChI is InChI=1S/C15H18N4O4.ClH/c1-10(20)16-11-7-14(23-3)12(6-13(11)21)17-15(22)8-19-5-4-18(2)9-19;/h4-7,9H,8H2,1-3H3,(H2-,16,17,20,21,22);1H. The highest BCUT2D eigenvalue weighted by molar-refractivity contribution is 5.95. The van der Waals surface area contributed by atoms with E-state index in [9.17, 15) is 14.7 Å². The average molecular weight is 355 g/mol. The minimum absolute atomic E-state index is 0. The number of carbonyl (C=O) groups excluding carboxylic acids is 2. The van der Waals surface area contributed by atoms with Crippen molar-refractivity contribution in [1.82, 2.24) is 4.57 Å². The van der Waals surface area contributed by atoms with Crippen LogP contribution in [0, 0.1) is 0 Å². The second-order valence-corrected chi connectivity index (χ2v) is 5.05. The van der Waals surface area contributed by atoms with Crippen molar-refractivity contribution in [2.45, 2.75) is 13.5 Å². The van der Waals surface area contributed by atoms with E-state index in [4.69, 9.17) is 4.74 Å². The molecule has 1 aromatic carbocycles. The lowest BCUT2D eigenvalue weighted by atomic mass is 10.2. The molecule has 2 aromatic rings. The van der Waals surface area contributed by atoms with Gasteiger partial charge in [0.2, 0.25) is 12.2 Å². The fraction of sp³-hybridized carbons (Fsp3) is 0.267. The molecule has 0 saturated heterocycles. The predicted octanol–water partition coefficient (Wildman–Crippen LogP) is -2.37. The van der Waals surface area contributed by atoms with Crippen LogP contribution < -0.4 is 32.3 Å². The third-order valence-corrected chi connectivity index (χ3v) is 3.05. The molecule has 0 unspecified atom stereocenters. The molecule has 0 bridgehead atoms. The number of aryl methyl sites for hydroxylation is 1. The number of anilines is 2. The molecule has 3 N–H and O–H groups in total. The summed E-state index contributed by atoms with van der Waals surface area (Å²) >= 11 is 0. The number of hydrogen-bond donors (Lipinski definition) is 3. The molecule has 0 aliphatic carbocycles. The quantitative estimate of drug-likeness (QED) is 0.413. The number of ether oxygens (including phenoxy) is 1. The van der Waals surface area contributed by atoms with E-state index in [1.54, 1.807) is 17.1 Å². The summed E-state index contributed by atoms with van der Waals surface area (Å²) in [6.45, 7) is 1.46. The number of nitrogens with one attached hydrogen (secondary N) is 2. The lowest BCUT2D eigenvalue weighted by molar-refractivity contribution is -0.671. The van der Waals surface area contributed by atoms with E-state index in [2.05, 4.69) is 10.6 Å². The molecule has 1 aromatic heterocycles. The summed E-state index contributed by atoms with van der Waals surface area (Å²) in [4.78, 5) is 23.2. The van der Waals surface area contributed by atoms with Gasteiger partial charge in [0, 0.05) is 19.1 Å². The van der Waals surface area contributed by atoms with Gasteiger partial charge in [-0.25, -0.2) is 9.13 Å². The molecule has 8 nitrogen and oxygen atoms in total. The summed E-state index contributed by atoms with van der Waals surface area (Å²) in [6.07, 6.45) is 5.37. The molecule has 1 heterocycles. The number of nitrogens with zero attached hydrogens (tertiary/aromatic N) is 2. The van der Waals surface area contributed by atoms with Gasteiger partial charge in [-0.05, 0) is 0 Å². The van der Waals surface area contributed by atoms with Crippen molar-refractivity contribution >= 4 is 23.2 Å². The van der Waals surface area contributed by atoms with E-state index in [0.717, 1.165) is 0 Å². The monoisotopic (exact) mass is 354 g/mol. The Bertz CT molecular complexity index is 745. The van der Waals surface area contributed by atoms with E-state index in [1.807, 2.05) is 17.8 Å². The Morgan fingerprint density at radius 3 is 2.54 bits per heavy atom. The largest absolute Gasteiger partial charge is 1.00 e. The van der Waals surface area contributed by atoms with Gasteiger partial charge < -0.3 is 32.9 Å². The summed E-state index contributed by atoms with van der Waals surface area (Å²) in [7, 11) is 3.29. The minimum atomic E-state index is -0.320. The zero-order valence-corrected chi connectivity index (χ0v) is 14.3. The Hall–Kier alpha value is -2.74. The maximum absolute atomic E-state index is 12.1. The number of benzene rings is 1. The molecule has 0 radical (unpaired) electrons. The topological polar surface area (TPSA) is 96.5 Å². The number of amides is 2. The number of phenols is 1. The van der Waals surface area contributed by atoms with Crippen molar-refractivity contribution in [2.75, 3.05) is 17.7 Å². The number of halogens is 1. The Balaban J connectivity index is 0.00000288. The summed E-state index contributed by atoms with van der Waals surface area (Å²) in [5.41, 5.74) is 0.533. The number of imidazole rings is 1. The van der Waals surface area contributed by atoms with Crippen molar-refractivity contribution in [3.63, 3.8) is 0 Å². The van der Waals surface area contributed by atoms with E-state index >= 15 is 0 Å². The number of phenolic OH excluding ortho intramolecular Hbond substituents is 1. The van der Waals surface area contributed by atoms with Gasteiger partial charge in [0.05, 0.1) is 25.5 Å². The molecule has 130 valence electrons. The molecule has 2 amide bonds. The van der Waals surface area contributed by atoms with Crippen molar-refractivity contribution in [1.29, 1.82) is 0 Å². The van der Waals surface area contributed by atoms with E-state index in [0.29, 0.717) is 11.4 Å². The van der Waals surface area contributed by atoms with Gasteiger partial charge in [0.1, 0.15) is 23.9 Å². The first-order chi connectivity index (χ1) is 10.9. The first-order valence-corrected chi connectivity index (χ1v) is 6.88. The zero-order chi connectivity index (χ0) is 17.0. The highest BCUT2D eigenvalue weighted by Crippen LogP contribution is 2.35. The van der Waals surface area contributed by atoms with Crippen LogP contribution in [-0.2, 0) is 23.2 Å². The molecule has 0 atom stereocenters. The van der Waals surface area contributed by atoms with Crippen LogP contribution in [0.3, 0.4) is 0 Å². The van der Waals surface area contributed by atoms with Gasteiger partial charge in [0.25, 0.3) is 5.91 Å². The predicted molar refractivity (Wildman–Crippen MR) is 83.2 cm³/mol. The van der Waals surface area contributed by atoms with Crippen LogP contribution in [0.2, 0.25) is 0 Å². The van der Waals surface area contributed by atoms with Gasteiger partial charge in [-0.2, -0.15) is 0 Å². The van der Waals surface area contributed by atoms with Crippen LogP contribution >= 0.6 is 0 Å². The van der Waals surface area contributed by atoms with Crippen molar-refractivity contribution in [3.05, 3.63) is 30.9 Å². The first-order valence-electron chi connectivity index (χ1n) is 6.88. The van der Waals surface area contributed by atoms with Crippen LogP contribution in [0.15, 0.2) is 30.9 Å². The van der Waals surface area contributed by atoms with Crippen LogP contribution in [0.1, 0.15) is 6.92 Å². The first kappa shape index (κ1) is 19.3. The number of methoxy groups -OCH3 is 1. The van der Waals surface area contributed by atoms with Gasteiger partial charge >= 0.3 is 0 Å². The van der Waals surface area contributed by atoms with Crippen molar-refractivity contribution in [3.8, 4) is 11.5 Å². The van der Waals surface area contributed by atoms with Gasteiger partial charge in [-0.15, -0.1) is 0 Å². The van der Waals surface area contributed by atoms with Crippen molar-refractivity contribution < 1.29 is 36.4 Å². The molecule has 0 aliphatic rings. The molecule has 0 saturated carbocycles. The smallest absolute Gasteiger partial charge is 0.266 e. The maximum Gasteiger partial charge on any atom is 0.266 e. The lowest BCUT2D eigenvalue weighted by Crippen LogP contribution is -3.00. The van der Waals surface area contributed by atoms with Crippen molar-refractivity contribution in [2.24, 2.45) is 7.05 Å². The summed E-state index contributed by atoms with van der Waals surface area (Å²) in [6, 6.07) is 2.78. The Kier molecular flexibility index (Phi) is 6.60. The molecule has 2 rings (SSSR count). The zero-order valence-electron chi connectivity index (χ0n) is 13.5. The number of hydrogen-bond acceptors (Lipinski definition) is 4. The molecule has 9 heteroatoms. The Morgan fingerprint density at radius 1 is 1.29 bits per heavy atom. The van der Waals surface area contributed by atoms with Crippen LogP contribution in [0.4, 0.5) is 11.4 Å². The van der Waals surface area contributed by atoms with E-state index in [1.165, 1.54) is 26.2 Å². The molecule has 0 spiro atoms. The molecular formula is C15H19ClN4O4. The number of carbonyl (C=O) groups is 2. The average Bonchev–Trinajstić information content (AvgIpc) is 2.86.